The fourth-order valence-electron chi connectivity index (χ4n) is 1.93. The minimum Gasteiger partial charge on any atom is -0.374 e. The van der Waals surface area contributed by atoms with Crippen LogP contribution in [0.25, 0.3) is 0 Å². The lowest BCUT2D eigenvalue weighted by molar-refractivity contribution is 0.0210. The van der Waals surface area contributed by atoms with Crippen molar-refractivity contribution in [2.24, 2.45) is 0 Å². The van der Waals surface area contributed by atoms with Crippen molar-refractivity contribution >= 4 is 0 Å². The zero-order valence-corrected chi connectivity index (χ0v) is 10.4. The predicted octanol–water partition coefficient (Wildman–Crippen LogP) is 1.53. The average molecular weight is 214 g/mol. The van der Waals surface area contributed by atoms with Crippen LogP contribution in [0.1, 0.15) is 40.0 Å². The van der Waals surface area contributed by atoms with Gasteiger partial charge in [0, 0.05) is 19.2 Å². The Labute approximate surface area is 94.0 Å². The Kier molecular flexibility index (Phi) is 5.58. The summed E-state index contributed by atoms with van der Waals surface area (Å²) in [6.45, 7) is 10.7. The van der Waals surface area contributed by atoms with Crippen molar-refractivity contribution in [3.05, 3.63) is 0 Å². The number of ether oxygens (including phenoxy) is 1. The summed E-state index contributed by atoms with van der Waals surface area (Å²) in [6, 6.07) is 0.598. The molecule has 0 spiro atoms. The summed E-state index contributed by atoms with van der Waals surface area (Å²) < 4.78 is 5.71. The molecule has 2 N–H and O–H groups in total. The lowest BCUT2D eigenvalue weighted by Gasteiger charge is -2.23. The summed E-state index contributed by atoms with van der Waals surface area (Å²) in [5.74, 6) is 0. The minimum atomic E-state index is 0.103. The van der Waals surface area contributed by atoms with Gasteiger partial charge >= 0.3 is 0 Å². The Bertz CT molecular complexity index is 165. The standard InChI is InChI=1S/C12H26N2O/c1-11(2)14-8-5-7-13-10-12(3)6-4-9-15-12/h11,13-14H,4-10H2,1-3H3. The zero-order valence-electron chi connectivity index (χ0n) is 10.4. The number of nitrogens with one attached hydrogen (secondary N) is 2. The molecule has 1 saturated heterocycles. The summed E-state index contributed by atoms with van der Waals surface area (Å²) in [5.41, 5.74) is 0.103. The van der Waals surface area contributed by atoms with Crippen molar-refractivity contribution in [3.8, 4) is 0 Å². The molecular formula is C12H26N2O. The first-order valence-corrected chi connectivity index (χ1v) is 6.20. The Morgan fingerprint density at radius 2 is 2.13 bits per heavy atom. The van der Waals surface area contributed by atoms with E-state index in [0.29, 0.717) is 6.04 Å². The van der Waals surface area contributed by atoms with E-state index in [9.17, 15) is 0 Å². The van der Waals surface area contributed by atoms with Crippen molar-refractivity contribution < 1.29 is 4.74 Å². The summed E-state index contributed by atoms with van der Waals surface area (Å²) in [7, 11) is 0. The molecule has 0 bridgehead atoms. The SMILES string of the molecule is CC(C)NCCCNCC1(C)CCCO1. The van der Waals surface area contributed by atoms with Gasteiger partial charge in [-0.15, -0.1) is 0 Å². The van der Waals surface area contributed by atoms with Gasteiger partial charge < -0.3 is 15.4 Å². The van der Waals surface area contributed by atoms with Gasteiger partial charge in [0.15, 0.2) is 0 Å². The highest BCUT2D eigenvalue weighted by Gasteiger charge is 2.28. The average Bonchev–Trinajstić information content (AvgIpc) is 2.58. The van der Waals surface area contributed by atoms with E-state index in [4.69, 9.17) is 4.74 Å². The highest BCUT2D eigenvalue weighted by atomic mass is 16.5. The van der Waals surface area contributed by atoms with E-state index < -0.39 is 0 Å². The third-order valence-corrected chi connectivity index (χ3v) is 2.88. The van der Waals surface area contributed by atoms with E-state index in [1.165, 1.54) is 19.3 Å². The van der Waals surface area contributed by atoms with Crippen LogP contribution in [0, 0.1) is 0 Å². The lowest BCUT2D eigenvalue weighted by Crippen LogP contribution is -2.38. The van der Waals surface area contributed by atoms with Crippen molar-refractivity contribution in [2.45, 2.75) is 51.7 Å². The van der Waals surface area contributed by atoms with Gasteiger partial charge in [-0.05, 0) is 39.3 Å². The Morgan fingerprint density at radius 3 is 2.73 bits per heavy atom. The lowest BCUT2D eigenvalue weighted by atomic mass is 10.0. The molecule has 3 nitrogen and oxygen atoms in total. The molecular weight excluding hydrogens is 188 g/mol. The largest absolute Gasteiger partial charge is 0.374 e. The zero-order chi connectivity index (χ0) is 11.1. The molecule has 90 valence electrons. The van der Waals surface area contributed by atoms with E-state index in [1.54, 1.807) is 0 Å². The van der Waals surface area contributed by atoms with Crippen LogP contribution in [0.4, 0.5) is 0 Å². The summed E-state index contributed by atoms with van der Waals surface area (Å²) in [6.07, 6.45) is 3.60. The molecule has 0 amide bonds. The Morgan fingerprint density at radius 1 is 1.33 bits per heavy atom. The van der Waals surface area contributed by atoms with Crippen LogP contribution in [0.5, 0.6) is 0 Å². The topological polar surface area (TPSA) is 33.3 Å². The van der Waals surface area contributed by atoms with Gasteiger partial charge in [-0.2, -0.15) is 0 Å². The maximum absolute atomic E-state index is 5.71. The second-order valence-electron chi connectivity index (χ2n) is 5.04. The maximum Gasteiger partial charge on any atom is 0.0779 e. The van der Waals surface area contributed by atoms with Crippen LogP contribution < -0.4 is 10.6 Å². The third kappa shape index (κ3) is 5.50. The van der Waals surface area contributed by atoms with E-state index in [0.717, 1.165) is 26.2 Å². The fraction of sp³-hybridized carbons (Fsp3) is 1.00. The van der Waals surface area contributed by atoms with Gasteiger partial charge in [0.2, 0.25) is 0 Å². The van der Waals surface area contributed by atoms with Crippen molar-refractivity contribution in [1.82, 2.24) is 10.6 Å². The summed E-state index contributed by atoms with van der Waals surface area (Å²) >= 11 is 0. The van der Waals surface area contributed by atoms with Crippen LogP contribution in [0.2, 0.25) is 0 Å². The van der Waals surface area contributed by atoms with Crippen LogP contribution in [0.15, 0.2) is 0 Å². The van der Waals surface area contributed by atoms with Crippen LogP contribution in [-0.4, -0.2) is 37.9 Å². The molecule has 1 heterocycles. The fourth-order valence-corrected chi connectivity index (χ4v) is 1.93. The molecule has 0 radical (unpaired) electrons. The quantitative estimate of drug-likeness (QED) is 0.631. The molecule has 0 saturated carbocycles. The maximum atomic E-state index is 5.71. The monoisotopic (exact) mass is 214 g/mol. The molecule has 0 aromatic carbocycles. The van der Waals surface area contributed by atoms with Gasteiger partial charge in [0.1, 0.15) is 0 Å². The van der Waals surface area contributed by atoms with E-state index in [-0.39, 0.29) is 5.60 Å². The predicted molar refractivity (Wildman–Crippen MR) is 64.2 cm³/mol. The number of rotatable bonds is 7. The van der Waals surface area contributed by atoms with E-state index in [2.05, 4.69) is 31.4 Å². The molecule has 15 heavy (non-hydrogen) atoms. The molecule has 1 unspecified atom stereocenters. The first kappa shape index (κ1) is 12.9. The smallest absolute Gasteiger partial charge is 0.0779 e. The number of hydrogen-bond donors (Lipinski definition) is 2. The first-order valence-electron chi connectivity index (χ1n) is 6.20. The van der Waals surface area contributed by atoms with E-state index >= 15 is 0 Å². The van der Waals surface area contributed by atoms with Crippen LogP contribution in [0.3, 0.4) is 0 Å². The van der Waals surface area contributed by atoms with Crippen LogP contribution >= 0.6 is 0 Å². The normalized spacial score (nSPS) is 26.4. The molecule has 0 aromatic heterocycles. The molecule has 1 atom stereocenters. The molecule has 3 heteroatoms. The summed E-state index contributed by atoms with van der Waals surface area (Å²) in [5, 5.41) is 6.89. The molecule has 1 rings (SSSR count). The Hall–Kier alpha value is -0.120. The first-order chi connectivity index (χ1) is 7.12. The molecule has 0 aromatic rings. The minimum absolute atomic E-state index is 0.103. The van der Waals surface area contributed by atoms with E-state index in [1.807, 2.05) is 0 Å². The van der Waals surface area contributed by atoms with Gasteiger partial charge in [0.25, 0.3) is 0 Å². The van der Waals surface area contributed by atoms with Crippen molar-refractivity contribution in [2.75, 3.05) is 26.2 Å². The second-order valence-corrected chi connectivity index (χ2v) is 5.04. The van der Waals surface area contributed by atoms with Gasteiger partial charge in [-0.1, -0.05) is 13.8 Å². The Balaban J connectivity index is 1.92. The van der Waals surface area contributed by atoms with Crippen LogP contribution in [-0.2, 0) is 4.74 Å². The summed E-state index contributed by atoms with van der Waals surface area (Å²) in [4.78, 5) is 0. The molecule has 1 fully saturated rings. The van der Waals surface area contributed by atoms with Gasteiger partial charge in [-0.3, -0.25) is 0 Å². The van der Waals surface area contributed by atoms with Gasteiger partial charge in [-0.25, -0.2) is 0 Å². The third-order valence-electron chi connectivity index (χ3n) is 2.88. The van der Waals surface area contributed by atoms with Crippen molar-refractivity contribution in [3.63, 3.8) is 0 Å². The molecule has 1 aliphatic rings. The van der Waals surface area contributed by atoms with Gasteiger partial charge in [0.05, 0.1) is 5.60 Å². The molecule has 1 aliphatic heterocycles. The second kappa shape index (κ2) is 6.46. The highest BCUT2D eigenvalue weighted by molar-refractivity contribution is 4.82. The highest BCUT2D eigenvalue weighted by Crippen LogP contribution is 2.23. The molecule has 0 aliphatic carbocycles. The number of hydrogen-bond acceptors (Lipinski definition) is 3. The van der Waals surface area contributed by atoms with Crippen molar-refractivity contribution in [1.29, 1.82) is 0 Å².